The fourth-order valence-electron chi connectivity index (χ4n) is 2.17. The molecule has 1 aromatic rings. The predicted molar refractivity (Wildman–Crippen MR) is 63.8 cm³/mol. The first-order valence-electron chi connectivity index (χ1n) is 6.07. The lowest BCUT2D eigenvalue weighted by atomic mass is 10.0. The molecule has 1 amide bonds. The molecule has 0 aromatic carbocycles. The Kier molecular flexibility index (Phi) is 3.78. The first-order chi connectivity index (χ1) is 8.18. The number of nitrogens with one attached hydrogen (secondary N) is 1. The van der Waals surface area contributed by atoms with Gasteiger partial charge in [-0.25, -0.2) is 4.98 Å². The van der Waals surface area contributed by atoms with Gasteiger partial charge in [0.05, 0.1) is 5.69 Å². The molecule has 94 valence electrons. The number of rotatable bonds is 3. The van der Waals surface area contributed by atoms with Crippen LogP contribution in [0.2, 0.25) is 0 Å². The van der Waals surface area contributed by atoms with Crippen LogP contribution in [0.15, 0.2) is 10.8 Å². The number of amides is 1. The van der Waals surface area contributed by atoms with Crippen molar-refractivity contribution in [1.82, 2.24) is 15.2 Å². The average Bonchev–Trinajstić information content (AvgIpc) is 2.76. The summed E-state index contributed by atoms with van der Waals surface area (Å²) >= 11 is 0. The van der Waals surface area contributed by atoms with Crippen molar-refractivity contribution in [2.45, 2.75) is 32.2 Å². The lowest BCUT2D eigenvalue weighted by Crippen LogP contribution is -2.44. The van der Waals surface area contributed by atoms with Crippen molar-refractivity contribution in [1.29, 1.82) is 0 Å². The van der Waals surface area contributed by atoms with Gasteiger partial charge in [-0.15, -0.1) is 0 Å². The highest BCUT2D eigenvalue weighted by Crippen LogP contribution is 2.11. The summed E-state index contributed by atoms with van der Waals surface area (Å²) in [6, 6.07) is 0.404. The molecular weight excluding hydrogens is 218 g/mol. The molecule has 1 fully saturated rings. The molecule has 0 spiro atoms. The molecule has 5 heteroatoms. The Balaban J connectivity index is 1.93. The van der Waals surface area contributed by atoms with Crippen LogP contribution in [0.5, 0.6) is 0 Å². The van der Waals surface area contributed by atoms with E-state index >= 15 is 0 Å². The van der Waals surface area contributed by atoms with Crippen LogP contribution < -0.4 is 5.32 Å². The molecule has 1 N–H and O–H groups in total. The van der Waals surface area contributed by atoms with Gasteiger partial charge in [0.1, 0.15) is 0 Å². The first-order valence-corrected chi connectivity index (χ1v) is 6.07. The van der Waals surface area contributed by atoms with Crippen molar-refractivity contribution in [3.63, 3.8) is 0 Å². The van der Waals surface area contributed by atoms with Crippen LogP contribution in [0.4, 0.5) is 0 Å². The maximum Gasteiger partial charge on any atom is 0.291 e. The number of hydrogen-bond donors (Lipinski definition) is 1. The van der Waals surface area contributed by atoms with Crippen LogP contribution in [-0.2, 0) is 0 Å². The van der Waals surface area contributed by atoms with E-state index in [2.05, 4.69) is 10.3 Å². The van der Waals surface area contributed by atoms with Crippen LogP contribution in [0, 0.1) is 6.92 Å². The SMILES string of the molecule is Cc1ncoc1C(=O)N(C)CC1CCCCN1. The first kappa shape index (κ1) is 12.1. The highest BCUT2D eigenvalue weighted by molar-refractivity contribution is 5.92. The summed E-state index contributed by atoms with van der Waals surface area (Å²) in [7, 11) is 1.81. The average molecular weight is 237 g/mol. The van der Waals surface area contributed by atoms with Gasteiger partial charge < -0.3 is 14.6 Å². The fourth-order valence-corrected chi connectivity index (χ4v) is 2.17. The summed E-state index contributed by atoms with van der Waals surface area (Å²) in [6.07, 6.45) is 4.92. The van der Waals surface area contributed by atoms with Crippen LogP contribution in [0.25, 0.3) is 0 Å². The smallest absolute Gasteiger partial charge is 0.291 e. The monoisotopic (exact) mass is 237 g/mol. The Hall–Kier alpha value is -1.36. The minimum absolute atomic E-state index is 0.0904. The van der Waals surface area contributed by atoms with Crippen LogP contribution >= 0.6 is 0 Å². The second-order valence-corrected chi connectivity index (χ2v) is 4.60. The van der Waals surface area contributed by atoms with Gasteiger partial charge >= 0.3 is 0 Å². The maximum absolute atomic E-state index is 12.1. The Morgan fingerprint density at radius 1 is 1.65 bits per heavy atom. The molecule has 2 rings (SSSR count). The third-order valence-corrected chi connectivity index (χ3v) is 3.19. The quantitative estimate of drug-likeness (QED) is 0.858. The lowest BCUT2D eigenvalue weighted by Gasteiger charge is -2.27. The molecule has 1 unspecified atom stereocenters. The van der Waals surface area contributed by atoms with Crippen LogP contribution in [-0.4, -0.2) is 42.0 Å². The van der Waals surface area contributed by atoms with Crippen LogP contribution in [0.1, 0.15) is 35.5 Å². The lowest BCUT2D eigenvalue weighted by molar-refractivity contribution is 0.0743. The van der Waals surface area contributed by atoms with E-state index in [1.54, 1.807) is 18.9 Å². The molecule has 0 bridgehead atoms. The molecule has 0 radical (unpaired) electrons. The number of nitrogens with zero attached hydrogens (tertiary/aromatic N) is 2. The molecule has 1 atom stereocenters. The number of carbonyl (C=O) groups is 1. The van der Waals surface area contributed by atoms with E-state index in [9.17, 15) is 4.79 Å². The van der Waals surface area contributed by atoms with Crippen molar-refractivity contribution in [3.8, 4) is 0 Å². The normalized spacial score (nSPS) is 20.2. The van der Waals surface area contributed by atoms with Crippen molar-refractivity contribution >= 4 is 5.91 Å². The molecule has 0 saturated carbocycles. The van der Waals surface area contributed by atoms with Crippen molar-refractivity contribution in [3.05, 3.63) is 17.8 Å². The Labute approximate surface area is 101 Å². The standard InChI is InChI=1S/C12H19N3O2/c1-9-11(17-8-14-9)12(16)15(2)7-10-5-3-4-6-13-10/h8,10,13H,3-7H2,1-2H3. The fraction of sp³-hybridized carbons (Fsp3) is 0.667. The molecule has 5 nitrogen and oxygen atoms in total. The second kappa shape index (κ2) is 5.31. The van der Waals surface area contributed by atoms with Gasteiger partial charge in [-0.3, -0.25) is 4.79 Å². The Morgan fingerprint density at radius 3 is 3.06 bits per heavy atom. The van der Waals surface area contributed by atoms with Gasteiger partial charge in [-0.2, -0.15) is 0 Å². The van der Waals surface area contributed by atoms with Crippen LogP contribution in [0.3, 0.4) is 0 Å². The number of carbonyl (C=O) groups excluding carboxylic acids is 1. The molecule has 17 heavy (non-hydrogen) atoms. The second-order valence-electron chi connectivity index (χ2n) is 4.60. The summed E-state index contributed by atoms with van der Waals surface area (Å²) in [4.78, 5) is 17.7. The molecule has 0 aliphatic carbocycles. The molecule has 1 aliphatic rings. The molecule has 1 aliphatic heterocycles. The number of aryl methyl sites for hydroxylation is 1. The molecule has 1 saturated heterocycles. The summed E-state index contributed by atoms with van der Waals surface area (Å²) < 4.78 is 5.11. The number of oxazole rings is 1. The third kappa shape index (κ3) is 2.85. The molecule has 2 heterocycles. The van der Waals surface area contributed by atoms with E-state index < -0.39 is 0 Å². The van der Waals surface area contributed by atoms with Crippen molar-refractivity contribution in [2.24, 2.45) is 0 Å². The van der Waals surface area contributed by atoms with E-state index in [1.165, 1.54) is 19.2 Å². The number of aromatic nitrogens is 1. The zero-order chi connectivity index (χ0) is 12.3. The van der Waals surface area contributed by atoms with Gasteiger partial charge in [-0.1, -0.05) is 6.42 Å². The summed E-state index contributed by atoms with van der Waals surface area (Å²) in [5.74, 6) is 0.260. The zero-order valence-electron chi connectivity index (χ0n) is 10.4. The predicted octanol–water partition coefficient (Wildman–Crippen LogP) is 1.20. The number of hydrogen-bond acceptors (Lipinski definition) is 4. The summed E-state index contributed by atoms with van der Waals surface area (Å²) in [5, 5.41) is 3.42. The number of piperidine rings is 1. The molecular formula is C12H19N3O2. The van der Waals surface area contributed by atoms with Gasteiger partial charge in [0, 0.05) is 19.6 Å². The molecule has 1 aromatic heterocycles. The maximum atomic E-state index is 12.1. The summed E-state index contributed by atoms with van der Waals surface area (Å²) in [6.45, 7) is 3.55. The third-order valence-electron chi connectivity index (χ3n) is 3.19. The Morgan fingerprint density at radius 2 is 2.47 bits per heavy atom. The highest BCUT2D eigenvalue weighted by Gasteiger charge is 2.22. The number of likely N-dealkylation sites (N-methyl/N-ethyl adjacent to an activating group) is 1. The van der Waals surface area contributed by atoms with Crippen molar-refractivity contribution < 1.29 is 9.21 Å². The minimum Gasteiger partial charge on any atom is -0.438 e. The van der Waals surface area contributed by atoms with Gasteiger partial charge in [0.2, 0.25) is 5.76 Å². The van der Waals surface area contributed by atoms with E-state index in [0.29, 0.717) is 17.5 Å². The largest absolute Gasteiger partial charge is 0.438 e. The minimum atomic E-state index is -0.0904. The zero-order valence-corrected chi connectivity index (χ0v) is 10.4. The van der Waals surface area contributed by atoms with Gasteiger partial charge in [-0.05, 0) is 26.3 Å². The van der Waals surface area contributed by atoms with E-state index in [0.717, 1.165) is 19.5 Å². The summed E-state index contributed by atoms with van der Waals surface area (Å²) in [5.41, 5.74) is 0.651. The van der Waals surface area contributed by atoms with Crippen molar-refractivity contribution in [2.75, 3.05) is 20.1 Å². The Bertz CT molecular complexity index is 383. The topological polar surface area (TPSA) is 58.4 Å². The van der Waals surface area contributed by atoms with E-state index in [4.69, 9.17) is 4.42 Å². The van der Waals surface area contributed by atoms with E-state index in [1.807, 2.05) is 0 Å². The van der Waals surface area contributed by atoms with Gasteiger partial charge in [0.15, 0.2) is 6.39 Å². The van der Waals surface area contributed by atoms with E-state index in [-0.39, 0.29) is 5.91 Å². The van der Waals surface area contributed by atoms with Gasteiger partial charge in [0.25, 0.3) is 5.91 Å². The highest BCUT2D eigenvalue weighted by atomic mass is 16.3.